The fraction of sp³-hybridized carbons (Fsp3) is 0.167. The fourth-order valence-corrected chi connectivity index (χ4v) is 2.50. The molecule has 1 aromatic heterocycles. The highest BCUT2D eigenvalue weighted by molar-refractivity contribution is 6.31. The third-order valence-electron chi connectivity index (χ3n) is 3.74. The molecule has 0 amide bonds. The van der Waals surface area contributed by atoms with Crippen LogP contribution in [0, 0.1) is 6.92 Å². The van der Waals surface area contributed by atoms with Crippen LogP contribution in [0.1, 0.15) is 5.56 Å². The molecule has 0 bridgehead atoms. The zero-order valence-corrected chi connectivity index (χ0v) is 15.3. The second-order valence-electron chi connectivity index (χ2n) is 5.39. The van der Waals surface area contributed by atoms with Crippen LogP contribution < -0.4 is 20.1 Å². The monoisotopic (exact) mass is 371 g/mol. The van der Waals surface area contributed by atoms with Gasteiger partial charge >= 0.3 is 0 Å². The van der Waals surface area contributed by atoms with E-state index in [9.17, 15) is 0 Å². The first-order valence-corrected chi connectivity index (χ1v) is 8.19. The highest BCUT2D eigenvalue weighted by Gasteiger charge is 2.09. The van der Waals surface area contributed by atoms with Crippen molar-refractivity contribution >= 4 is 34.7 Å². The number of nitrogens with zero attached hydrogens (tertiary/aromatic N) is 3. The third-order valence-corrected chi connectivity index (χ3v) is 4.15. The van der Waals surface area contributed by atoms with Crippen molar-refractivity contribution in [1.29, 1.82) is 0 Å². The van der Waals surface area contributed by atoms with E-state index in [0.717, 1.165) is 11.3 Å². The highest BCUT2D eigenvalue weighted by Crippen LogP contribution is 2.31. The molecule has 2 aromatic carbocycles. The second kappa shape index (κ2) is 7.88. The first-order valence-electron chi connectivity index (χ1n) is 7.81. The van der Waals surface area contributed by atoms with Gasteiger partial charge in [0.05, 0.1) is 26.1 Å². The molecule has 2 N–H and O–H groups in total. The summed E-state index contributed by atoms with van der Waals surface area (Å²) in [6, 6.07) is 11.0. The van der Waals surface area contributed by atoms with Gasteiger partial charge in [0.2, 0.25) is 5.95 Å². The van der Waals surface area contributed by atoms with Gasteiger partial charge in [-0.15, -0.1) is 5.10 Å². The van der Waals surface area contributed by atoms with Crippen LogP contribution in [0.5, 0.6) is 11.5 Å². The smallest absolute Gasteiger partial charge is 0.249 e. The molecule has 0 saturated carbocycles. The molecule has 0 saturated heterocycles. The van der Waals surface area contributed by atoms with Gasteiger partial charge in [-0.25, -0.2) is 0 Å². The Morgan fingerprint density at radius 3 is 2.62 bits per heavy atom. The SMILES string of the molecule is COc1ccc(OC)c(Nc2cnnc(Nc3cccc(Cl)c3C)n2)c1. The molecular weight excluding hydrogens is 354 g/mol. The molecule has 134 valence electrons. The number of hydrogen-bond donors (Lipinski definition) is 2. The number of hydrogen-bond acceptors (Lipinski definition) is 7. The van der Waals surface area contributed by atoms with Gasteiger partial charge in [-0.3, -0.25) is 0 Å². The van der Waals surface area contributed by atoms with E-state index < -0.39 is 0 Å². The maximum Gasteiger partial charge on any atom is 0.249 e. The third kappa shape index (κ3) is 3.94. The van der Waals surface area contributed by atoms with Crippen molar-refractivity contribution in [2.24, 2.45) is 0 Å². The van der Waals surface area contributed by atoms with E-state index in [-0.39, 0.29) is 0 Å². The van der Waals surface area contributed by atoms with E-state index in [1.807, 2.05) is 43.3 Å². The van der Waals surface area contributed by atoms with Crippen LogP contribution in [0.4, 0.5) is 23.1 Å². The van der Waals surface area contributed by atoms with Crippen molar-refractivity contribution in [1.82, 2.24) is 15.2 Å². The summed E-state index contributed by atoms with van der Waals surface area (Å²) in [5, 5.41) is 15.0. The van der Waals surface area contributed by atoms with Crippen molar-refractivity contribution in [3.63, 3.8) is 0 Å². The van der Waals surface area contributed by atoms with E-state index in [2.05, 4.69) is 25.8 Å². The molecule has 0 aliphatic rings. The average molecular weight is 372 g/mol. The molecule has 0 unspecified atom stereocenters. The van der Waals surface area contributed by atoms with Crippen LogP contribution in [0.15, 0.2) is 42.6 Å². The molecule has 26 heavy (non-hydrogen) atoms. The summed E-state index contributed by atoms with van der Waals surface area (Å²) in [6.45, 7) is 1.92. The van der Waals surface area contributed by atoms with Crippen molar-refractivity contribution in [3.05, 3.63) is 53.2 Å². The molecular formula is C18H18ClN5O2. The zero-order valence-electron chi connectivity index (χ0n) is 14.6. The Kier molecular flexibility index (Phi) is 5.38. The Morgan fingerprint density at radius 2 is 1.85 bits per heavy atom. The minimum absolute atomic E-state index is 0.349. The molecule has 8 heteroatoms. The summed E-state index contributed by atoms with van der Waals surface area (Å²) < 4.78 is 10.6. The molecule has 3 aromatic rings. The van der Waals surface area contributed by atoms with Gasteiger partial charge in [0.1, 0.15) is 11.5 Å². The number of halogens is 1. The number of ether oxygens (including phenoxy) is 2. The van der Waals surface area contributed by atoms with Crippen molar-refractivity contribution in [2.75, 3.05) is 24.9 Å². The fourth-order valence-electron chi connectivity index (χ4n) is 2.33. The largest absolute Gasteiger partial charge is 0.497 e. The highest BCUT2D eigenvalue weighted by atomic mass is 35.5. The number of nitrogens with one attached hydrogen (secondary N) is 2. The van der Waals surface area contributed by atoms with Gasteiger partial charge < -0.3 is 20.1 Å². The maximum absolute atomic E-state index is 6.15. The van der Waals surface area contributed by atoms with Crippen molar-refractivity contribution < 1.29 is 9.47 Å². The molecule has 0 radical (unpaired) electrons. The number of aromatic nitrogens is 3. The Hall–Kier alpha value is -3.06. The van der Waals surface area contributed by atoms with Gasteiger partial charge in [0.15, 0.2) is 5.82 Å². The summed E-state index contributed by atoms with van der Waals surface area (Å²) in [7, 11) is 3.20. The predicted molar refractivity (Wildman–Crippen MR) is 102 cm³/mol. The molecule has 7 nitrogen and oxygen atoms in total. The molecule has 0 fully saturated rings. The lowest BCUT2D eigenvalue weighted by Crippen LogP contribution is -2.04. The lowest BCUT2D eigenvalue weighted by atomic mass is 10.2. The topological polar surface area (TPSA) is 81.2 Å². The Labute approximate surface area is 156 Å². The van der Waals surface area contributed by atoms with E-state index in [1.54, 1.807) is 14.2 Å². The second-order valence-corrected chi connectivity index (χ2v) is 5.80. The van der Waals surface area contributed by atoms with Gasteiger partial charge in [-0.1, -0.05) is 17.7 Å². The molecule has 0 atom stereocenters. The molecule has 0 spiro atoms. The van der Waals surface area contributed by atoms with Gasteiger partial charge in [-0.2, -0.15) is 10.1 Å². The quantitative estimate of drug-likeness (QED) is 0.667. The van der Waals surface area contributed by atoms with Crippen LogP contribution in [-0.4, -0.2) is 29.4 Å². The molecule has 0 aliphatic carbocycles. The van der Waals surface area contributed by atoms with Crippen LogP contribution >= 0.6 is 11.6 Å². The zero-order chi connectivity index (χ0) is 18.5. The van der Waals surface area contributed by atoms with E-state index in [1.165, 1.54) is 6.20 Å². The minimum Gasteiger partial charge on any atom is -0.497 e. The summed E-state index contributed by atoms with van der Waals surface area (Å²) in [5.41, 5.74) is 2.43. The lowest BCUT2D eigenvalue weighted by molar-refractivity contribution is 0.405. The number of benzene rings is 2. The summed E-state index contributed by atoms with van der Waals surface area (Å²) in [4.78, 5) is 4.43. The first-order chi connectivity index (χ1) is 12.6. The van der Waals surface area contributed by atoms with Crippen molar-refractivity contribution in [2.45, 2.75) is 6.92 Å². The van der Waals surface area contributed by atoms with E-state index in [0.29, 0.717) is 34.0 Å². The van der Waals surface area contributed by atoms with Gasteiger partial charge in [0.25, 0.3) is 0 Å². The number of methoxy groups -OCH3 is 2. The molecule has 1 heterocycles. The average Bonchev–Trinajstić information content (AvgIpc) is 2.66. The van der Waals surface area contributed by atoms with E-state index >= 15 is 0 Å². The predicted octanol–water partition coefficient (Wildman–Crippen LogP) is 4.34. The normalized spacial score (nSPS) is 10.3. The van der Waals surface area contributed by atoms with Gasteiger partial charge in [0, 0.05) is 16.8 Å². The number of rotatable bonds is 6. The standard InChI is InChI=1S/C18H18ClN5O2/c1-11-13(19)5-4-6-14(11)22-18-23-17(10-20-24-18)21-15-9-12(25-2)7-8-16(15)26-3/h4-10H,1-3H3,(H2,21,22,23,24). The summed E-state index contributed by atoms with van der Waals surface area (Å²) >= 11 is 6.15. The first kappa shape index (κ1) is 17.8. The summed E-state index contributed by atoms with van der Waals surface area (Å²) in [5.74, 6) is 2.21. The Morgan fingerprint density at radius 1 is 1.00 bits per heavy atom. The minimum atomic E-state index is 0.349. The summed E-state index contributed by atoms with van der Waals surface area (Å²) in [6.07, 6.45) is 1.52. The molecule has 3 rings (SSSR count). The Balaban J connectivity index is 1.85. The van der Waals surface area contributed by atoms with Crippen molar-refractivity contribution in [3.8, 4) is 11.5 Å². The van der Waals surface area contributed by atoms with Crippen LogP contribution in [0.2, 0.25) is 5.02 Å². The van der Waals surface area contributed by atoms with Gasteiger partial charge in [-0.05, 0) is 36.8 Å². The van der Waals surface area contributed by atoms with Crippen LogP contribution in [-0.2, 0) is 0 Å². The lowest BCUT2D eigenvalue weighted by Gasteiger charge is -2.13. The molecule has 0 aliphatic heterocycles. The van der Waals surface area contributed by atoms with E-state index in [4.69, 9.17) is 21.1 Å². The number of anilines is 4. The van der Waals surface area contributed by atoms with Crippen LogP contribution in [0.3, 0.4) is 0 Å². The van der Waals surface area contributed by atoms with Crippen LogP contribution in [0.25, 0.3) is 0 Å². The maximum atomic E-state index is 6.15. The Bertz CT molecular complexity index is 920.